The molecule has 0 aliphatic carbocycles. The van der Waals surface area contributed by atoms with Crippen LogP contribution in [-0.4, -0.2) is 17.9 Å². The lowest BCUT2D eigenvalue weighted by atomic mass is 9.94. The van der Waals surface area contributed by atoms with Crippen LogP contribution in [0.5, 0.6) is 0 Å². The van der Waals surface area contributed by atoms with Gasteiger partial charge in [0.1, 0.15) is 0 Å². The summed E-state index contributed by atoms with van der Waals surface area (Å²) in [5, 5.41) is 3.59. The van der Waals surface area contributed by atoms with E-state index in [1.165, 1.54) is 5.56 Å². The third kappa shape index (κ3) is 2.08. The molecule has 0 aliphatic rings. The third-order valence-electron chi connectivity index (χ3n) is 3.42. The largest absolute Gasteiger partial charge is 0.355 e. The summed E-state index contributed by atoms with van der Waals surface area (Å²) in [6.45, 7) is 4.34. The summed E-state index contributed by atoms with van der Waals surface area (Å²) >= 11 is 0. The van der Waals surface area contributed by atoms with Crippen LogP contribution in [-0.2, 0) is 0 Å². The molecular weight excluding hydrogens is 224 g/mol. The van der Waals surface area contributed by atoms with E-state index in [2.05, 4.69) is 30.2 Å². The number of hydrogen-bond acceptors (Lipinski definition) is 2. The van der Waals surface area contributed by atoms with Crippen molar-refractivity contribution in [2.75, 3.05) is 7.05 Å². The first-order valence-corrected chi connectivity index (χ1v) is 6.28. The molecule has 1 N–H and O–H groups in total. The number of hydrogen-bond donors (Lipinski definition) is 1. The Morgan fingerprint density at radius 2 is 2.17 bits per heavy atom. The highest BCUT2D eigenvalue weighted by Gasteiger charge is 2.13. The van der Waals surface area contributed by atoms with Crippen LogP contribution in [0, 0.1) is 0 Å². The number of carbonyl (C=O) groups excluding carboxylic acids is 1. The molecule has 3 nitrogen and oxygen atoms in total. The number of carbonyl (C=O) groups is 1. The first kappa shape index (κ1) is 12.6. The standard InChI is InChI=1S/C15H18N2O/c1-4-10(2)11-6-5-7-12-13(15(18)16-3)8-9-17-14(11)12/h5-10H,4H2,1-3H3,(H,16,18). The van der Waals surface area contributed by atoms with Crippen molar-refractivity contribution in [2.24, 2.45) is 0 Å². The van der Waals surface area contributed by atoms with Crippen molar-refractivity contribution in [3.63, 3.8) is 0 Å². The van der Waals surface area contributed by atoms with Gasteiger partial charge in [-0.1, -0.05) is 32.0 Å². The lowest BCUT2D eigenvalue weighted by Gasteiger charge is -2.13. The molecule has 1 atom stereocenters. The number of amides is 1. The summed E-state index contributed by atoms with van der Waals surface area (Å²) in [7, 11) is 1.65. The highest BCUT2D eigenvalue weighted by molar-refractivity contribution is 6.06. The summed E-state index contributed by atoms with van der Waals surface area (Å²) in [5.74, 6) is 0.379. The molecule has 94 valence electrons. The van der Waals surface area contributed by atoms with Crippen LogP contribution in [0.4, 0.5) is 0 Å². The second kappa shape index (κ2) is 5.17. The van der Waals surface area contributed by atoms with Crippen molar-refractivity contribution in [3.8, 4) is 0 Å². The maximum absolute atomic E-state index is 11.8. The van der Waals surface area contributed by atoms with Gasteiger partial charge in [-0.15, -0.1) is 0 Å². The molecule has 3 heteroatoms. The van der Waals surface area contributed by atoms with E-state index in [0.29, 0.717) is 11.5 Å². The molecule has 18 heavy (non-hydrogen) atoms. The first-order chi connectivity index (χ1) is 8.69. The number of nitrogens with one attached hydrogen (secondary N) is 1. The van der Waals surface area contributed by atoms with Gasteiger partial charge in [0, 0.05) is 18.6 Å². The minimum atomic E-state index is -0.0660. The smallest absolute Gasteiger partial charge is 0.251 e. The maximum atomic E-state index is 11.8. The predicted molar refractivity (Wildman–Crippen MR) is 73.8 cm³/mol. The second-order valence-corrected chi connectivity index (χ2v) is 4.49. The van der Waals surface area contributed by atoms with Crippen molar-refractivity contribution >= 4 is 16.8 Å². The zero-order chi connectivity index (χ0) is 13.1. The number of rotatable bonds is 3. The third-order valence-corrected chi connectivity index (χ3v) is 3.42. The summed E-state index contributed by atoms with van der Waals surface area (Å²) in [5.41, 5.74) is 2.83. The minimum Gasteiger partial charge on any atom is -0.355 e. The van der Waals surface area contributed by atoms with Crippen molar-refractivity contribution in [1.29, 1.82) is 0 Å². The van der Waals surface area contributed by atoms with E-state index in [1.54, 1.807) is 19.3 Å². The Kier molecular flexibility index (Phi) is 3.60. The molecule has 1 amide bonds. The molecule has 0 aliphatic heterocycles. The van der Waals surface area contributed by atoms with Gasteiger partial charge in [-0.25, -0.2) is 0 Å². The van der Waals surface area contributed by atoms with Crippen molar-refractivity contribution in [1.82, 2.24) is 10.3 Å². The molecular formula is C15H18N2O. The van der Waals surface area contributed by atoms with Gasteiger partial charge >= 0.3 is 0 Å². The van der Waals surface area contributed by atoms with Crippen LogP contribution < -0.4 is 5.32 Å². The molecule has 0 fully saturated rings. The van der Waals surface area contributed by atoms with Gasteiger partial charge in [0.05, 0.1) is 11.1 Å². The van der Waals surface area contributed by atoms with Crippen LogP contribution in [0.25, 0.3) is 10.9 Å². The van der Waals surface area contributed by atoms with Crippen LogP contribution >= 0.6 is 0 Å². The van der Waals surface area contributed by atoms with Gasteiger partial charge in [0.25, 0.3) is 5.91 Å². The zero-order valence-electron chi connectivity index (χ0n) is 11.0. The van der Waals surface area contributed by atoms with Crippen LogP contribution in [0.1, 0.15) is 42.1 Å². The number of benzene rings is 1. The molecule has 1 aromatic heterocycles. The van der Waals surface area contributed by atoms with Gasteiger partial charge in [0.15, 0.2) is 0 Å². The number of fused-ring (bicyclic) bond motifs is 1. The number of para-hydroxylation sites is 1. The first-order valence-electron chi connectivity index (χ1n) is 6.28. The molecule has 1 aromatic carbocycles. The maximum Gasteiger partial charge on any atom is 0.251 e. The minimum absolute atomic E-state index is 0.0660. The predicted octanol–water partition coefficient (Wildman–Crippen LogP) is 3.11. The van der Waals surface area contributed by atoms with Crippen LogP contribution in [0.15, 0.2) is 30.5 Å². The van der Waals surface area contributed by atoms with E-state index in [-0.39, 0.29) is 5.91 Å². The van der Waals surface area contributed by atoms with Crippen LogP contribution in [0.2, 0.25) is 0 Å². The molecule has 1 unspecified atom stereocenters. The van der Waals surface area contributed by atoms with Crippen LogP contribution in [0.3, 0.4) is 0 Å². The average molecular weight is 242 g/mol. The number of aromatic nitrogens is 1. The number of nitrogens with zero attached hydrogens (tertiary/aromatic N) is 1. The van der Waals surface area contributed by atoms with E-state index in [9.17, 15) is 4.79 Å². The molecule has 2 rings (SSSR count). The monoisotopic (exact) mass is 242 g/mol. The Morgan fingerprint density at radius 1 is 1.39 bits per heavy atom. The van der Waals surface area contributed by atoms with E-state index >= 15 is 0 Å². The Bertz CT molecular complexity index is 578. The quantitative estimate of drug-likeness (QED) is 0.898. The Morgan fingerprint density at radius 3 is 2.83 bits per heavy atom. The van der Waals surface area contributed by atoms with Crippen molar-refractivity contribution in [3.05, 3.63) is 41.6 Å². The highest BCUT2D eigenvalue weighted by Crippen LogP contribution is 2.27. The van der Waals surface area contributed by atoms with E-state index in [4.69, 9.17) is 0 Å². The molecule has 0 spiro atoms. The molecule has 0 bridgehead atoms. The van der Waals surface area contributed by atoms with Gasteiger partial charge in [-0.3, -0.25) is 9.78 Å². The second-order valence-electron chi connectivity index (χ2n) is 4.49. The SMILES string of the molecule is CCC(C)c1cccc2c(C(=O)NC)ccnc12. The van der Waals surface area contributed by atoms with E-state index in [0.717, 1.165) is 17.3 Å². The van der Waals surface area contributed by atoms with Gasteiger partial charge in [-0.05, 0) is 24.0 Å². The molecule has 2 aromatic rings. The fourth-order valence-corrected chi connectivity index (χ4v) is 2.15. The summed E-state index contributed by atoms with van der Waals surface area (Å²) in [6, 6.07) is 7.81. The van der Waals surface area contributed by atoms with E-state index in [1.807, 2.05) is 12.1 Å². The van der Waals surface area contributed by atoms with Gasteiger partial charge in [-0.2, -0.15) is 0 Å². The Balaban J connectivity index is 2.69. The van der Waals surface area contributed by atoms with Gasteiger partial charge < -0.3 is 5.32 Å². The molecule has 0 radical (unpaired) electrons. The molecule has 0 saturated carbocycles. The molecule has 0 saturated heterocycles. The topological polar surface area (TPSA) is 42.0 Å². The van der Waals surface area contributed by atoms with Crippen molar-refractivity contribution < 1.29 is 4.79 Å². The normalized spacial score (nSPS) is 12.4. The lowest BCUT2D eigenvalue weighted by Crippen LogP contribution is -2.18. The van der Waals surface area contributed by atoms with E-state index < -0.39 is 0 Å². The Labute approximate surface area is 107 Å². The average Bonchev–Trinajstić information content (AvgIpc) is 2.44. The fourth-order valence-electron chi connectivity index (χ4n) is 2.15. The number of pyridine rings is 1. The fraction of sp³-hybridized carbons (Fsp3) is 0.333. The summed E-state index contributed by atoms with van der Waals surface area (Å²) < 4.78 is 0. The van der Waals surface area contributed by atoms with Gasteiger partial charge in [0.2, 0.25) is 0 Å². The summed E-state index contributed by atoms with van der Waals surface area (Å²) in [6.07, 6.45) is 2.77. The lowest BCUT2D eigenvalue weighted by molar-refractivity contribution is 0.0964. The van der Waals surface area contributed by atoms with Crippen molar-refractivity contribution in [2.45, 2.75) is 26.2 Å². The highest BCUT2D eigenvalue weighted by atomic mass is 16.1. The Hall–Kier alpha value is -1.90. The molecule has 1 heterocycles. The summed E-state index contributed by atoms with van der Waals surface area (Å²) in [4.78, 5) is 16.3. The zero-order valence-corrected chi connectivity index (χ0v) is 11.0.